The summed E-state index contributed by atoms with van der Waals surface area (Å²) in [6, 6.07) is 23.8. The number of hydrogen-bond acceptors (Lipinski definition) is 7. The number of benzene rings is 2. The lowest BCUT2D eigenvalue weighted by molar-refractivity contribution is -0.124. The average molecular weight is 699 g/mol. The molecule has 2 heterocycles. The number of amides is 4. The lowest BCUT2D eigenvalue weighted by Gasteiger charge is -2.28. The second-order valence-corrected chi connectivity index (χ2v) is 14.1. The van der Waals surface area contributed by atoms with Gasteiger partial charge >= 0.3 is 12.1 Å². The molecule has 0 radical (unpaired) electrons. The van der Waals surface area contributed by atoms with E-state index in [1.54, 1.807) is 35.5 Å². The van der Waals surface area contributed by atoms with Crippen LogP contribution in [0.1, 0.15) is 74.0 Å². The van der Waals surface area contributed by atoms with Crippen LogP contribution in [-0.4, -0.2) is 58.1 Å². The summed E-state index contributed by atoms with van der Waals surface area (Å²) in [6.45, 7) is 8.44. The molecule has 4 rings (SSSR count). The van der Waals surface area contributed by atoms with Gasteiger partial charge in [0.2, 0.25) is 5.91 Å². The molecule has 2 aromatic carbocycles. The fourth-order valence-electron chi connectivity index (χ4n) is 5.53. The third kappa shape index (κ3) is 12.6. The van der Waals surface area contributed by atoms with E-state index in [0.29, 0.717) is 43.8 Å². The van der Waals surface area contributed by atoms with Crippen molar-refractivity contribution in [3.63, 3.8) is 0 Å². The number of hydrogen-bond donors (Lipinski definition) is 3. The lowest BCUT2D eigenvalue weighted by atomic mass is 9.95. The number of alkyl carbamates (subject to hydrolysis) is 1. The number of nitrogens with one attached hydrogen (secondary N) is 3. The summed E-state index contributed by atoms with van der Waals surface area (Å²) < 4.78 is 5.50. The molecule has 0 fully saturated rings. The van der Waals surface area contributed by atoms with Gasteiger partial charge in [-0.2, -0.15) is 0 Å². The Morgan fingerprint density at radius 1 is 0.780 bits per heavy atom. The predicted molar refractivity (Wildman–Crippen MR) is 198 cm³/mol. The molecule has 0 spiro atoms. The Kier molecular flexibility index (Phi) is 14.8. The third-order valence-electron chi connectivity index (χ3n) is 8.30. The highest BCUT2D eigenvalue weighted by Crippen LogP contribution is 2.20. The molecule has 11 heteroatoms. The van der Waals surface area contributed by atoms with Crippen molar-refractivity contribution in [2.24, 2.45) is 5.92 Å². The van der Waals surface area contributed by atoms with E-state index in [4.69, 9.17) is 4.74 Å². The van der Waals surface area contributed by atoms with Gasteiger partial charge in [-0.05, 0) is 54.9 Å². The normalized spacial score (nSPS) is 12.9. The largest absolute Gasteiger partial charge is 0.443 e. The van der Waals surface area contributed by atoms with Gasteiger partial charge in [-0.15, -0.1) is 11.3 Å². The topological polar surface area (TPSA) is 126 Å². The number of thiazole rings is 1. The van der Waals surface area contributed by atoms with E-state index in [1.165, 1.54) is 0 Å². The van der Waals surface area contributed by atoms with Crippen molar-refractivity contribution >= 4 is 29.4 Å². The Morgan fingerprint density at radius 2 is 1.38 bits per heavy atom. The van der Waals surface area contributed by atoms with Crippen molar-refractivity contribution < 1.29 is 19.1 Å². The highest BCUT2D eigenvalue weighted by atomic mass is 32.1. The van der Waals surface area contributed by atoms with Gasteiger partial charge in [0.1, 0.15) is 12.6 Å². The zero-order chi connectivity index (χ0) is 35.9. The highest BCUT2D eigenvalue weighted by Gasteiger charge is 2.28. The van der Waals surface area contributed by atoms with Crippen molar-refractivity contribution in [3.8, 4) is 0 Å². The molecule has 3 atom stereocenters. The first-order valence-corrected chi connectivity index (χ1v) is 18.1. The first-order chi connectivity index (χ1) is 24.1. The molecule has 50 heavy (non-hydrogen) atoms. The van der Waals surface area contributed by atoms with Gasteiger partial charge in [0.25, 0.3) is 0 Å². The second kappa shape index (κ2) is 19.4. The molecule has 0 aliphatic heterocycles. The van der Waals surface area contributed by atoms with E-state index in [0.717, 1.165) is 21.8 Å². The fraction of sp³-hybridized carbons (Fsp3) is 0.410. The molecule has 4 amide bonds. The van der Waals surface area contributed by atoms with Gasteiger partial charge < -0.3 is 25.6 Å². The number of carbonyl (C=O) groups excluding carboxylic acids is 3. The number of carbonyl (C=O) groups is 3. The summed E-state index contributed by atoms with van der Waals surface area (Å²) in [5.74, 6) is -0.0835. The van der Waals surface area contributed by atoms with Crippen LogP contribution in [0.2, 0.25) is 0 Å². The molecule has 0 aliphatic rings. The van der Waals surface area contributed by atoms with Crippen molar-refractivity contribution in [2.45, 2.75) is 90.6 Å². The Hall–Kier alpha value is -4.77. The van der Waals surface area contributed by atoms with Crippen LogP contribution in [0.25, 0.3) is 0 Å². The molecule has 0 bridgehead atoms. The Labute approximate surface area is 300 Å². The molecule has 3 N–H and O–H groups in total. The molecular formula is C39H50N6O4S. The maximum atomic E-state index is 13.9. The predicted octanol–water partition coefficient (Wildman–Crippen LogP) is 6.87. The Bertz CT molecular complexity index is 1620. The van der Waals surface area contributed by atoms with Crippen LogP contribution < -0.4 is 16.0 Å². The summed E-state index contributed by atoms with van der Waals surface area (Å²) in [7, 11) is 1.71. The minimum absolute atomic E-state index is 0.0671. The molecule has 10 nitrogen and oxygen atoms in total. The van der Waals surface area contributed by atoms with Crippen LogP contribution in [0.15, 0.2) is 90.4 Å². The molecule has 2 aromatic heterocycles. The zero-order valence-corrected chi connectivity index (χ0v) is 30.5. The van der Waals surface area contributed by atoms with Gasteiger partial charge in [0.15, 0.2) is 0 Å². The number of ether oxygens (including phenoxy) is 1. The first kappa shape index (κ1) is 38.0. The van der Waals surface area contributed by atoms with E-state index in [9.17, 15) is 14.4 Å². The SMILES string of the molecule is CC(C)c1nc(CN(C)C(=O)N[C@H](C(=O)N[C@H](CC[C@H](Cc2ccccc2)NC(=O)OCc2ccccn2)Cc2ccccc2)C(C)C)cs1. The summed E-state index contributed by atoms with van der Waals surface area (Å²) >= 11 is 1.59. The number of rotatable bonds is 17. The summed E-state index contributed by atoms with van der Waals surface area (Å²) in [4.78, 5) is 50.5. The van der Waals surface area contributed by atoms with Gasteiger partial charge in [-0.3, -0.25) is 9.78 Å². The Morgan fingerprint density at radius 3 is 1.92 bits per heavy atom. The minimum Gasteiger partial charge on any atom is -0.443 e. The molecule has 0 saturated carbocycles. The molecular weight excluding hydrogens is 649 g/mol. The fourth-order valence-corrected chi connectivity index (χ4v) is 6.35. The van der Waals surface area contributed by atoms with Crippen LogP contribution >= 0.6 is 11.3 Å². The molecule has 4 aromatic rings. The van der Waals surface area contributed by atoms with Crippen molar-refractivity contribution in [2.75, 3.05) is 7.05 Å². The monoisotopic (exact) mass is 698 g/mol. The van der Waals surface area contributed by atoms with Crippen LogP contribution in [0, 0.1) is 5.92 Å². The third-order valence-corrected chi connectivity index (χ3v) is 9.49. The first-order valence-electron chi connectivity index (χ1n) is 17.2. The maximum Gasteiger partial charge on any atom is 0.407 e. The number of pyridine rings is 1. The highest BCUT2D eigenvalue weighted by molar-refractivity contribution is 7.09. The van der Waals surface area contributed by atoms with Crippen LogP contribution in [0.5, 0.6) is 0 Å². The van der Waals surface area contributed by atoms with Gasteiger partial charge in [0.05, 0.1) is 22.9 Å². The van der Waals surface area contributed by atoms with Crippen molar-refractivity contribution in [1.29, 1.82) is 0 Å². The van der Waals surface area contributed by atoms with Crippen LogP contribution in [0.4, 0.5) is 9.59 Å². The quantitative estimate of drug-likeness (QED) is 0.111. The number of aromatic nitrogens is 2. The van der Waals surface area contributed by atoms with Gasteiger partial charge in [-0.1, -0.05) is 94.4 Å². The number of urea groups is 1. The zero-order valence-electron chi connectivity index (χ0n) is 29.7. The summed E-state index contributed by atoms with van der Waals surface area (Å²) in [5.41, 5.74) is 3.64. The molecule has 266 valence electrons. The molecule has 0 unspecified atom stereocenters. The van der Waals surface area contributed by atoms with E-state index >= 15 is 0 Å². The second-order valence-electron chi connectivity index (χ2n) is 13.3. The van der Waals surface area contributed by atoms with E-state index in [2.05, 4.69) is 39.8 Å². The lowest BCUT2D eigenvalue weighted by Crippen LogP contribution is -2.54. The van der Waals surface area contributed by atoms with Crippen LogP contribution in [-0.2, 0) is 35.5 Å². The maximum absolute atomic E-state index is 13.9. The number of nitrogens with zero attached hydrogens (tertiary/aromatic N) is 3. The van der Waals surface area contributed by atoms with Gasteiger partial charge in [0, 0.05) is 36.6 Å². The van der Waals surface area contributed by atoms with Crippen LogP contribution in [0.3, 0.4) is 0 Å². The van der Waals surface area contributed by atoms with E-state index in [1.807, 2.05) is 92.0 Å². The average Bonchev–Trinajstić information content (AvgIpc) is 3.58. The standard InChI is InChI=1S/C39H50N6O4S/c1-27(2)35(44-38(47)45(5)24-34-26-50-37(42-34)28(3)4)36(46)41-31(22-29-14-8-6-9-15-29)19-20-32(23-30-16-10-7-11-17-30)43-39(48)49-25-33-18-12-13-21-40-33/h6-18,21,26-28,31-32,35H,19-20,22-25H2,1-5H3,(H,41,46)(H,43,48)(H,44,47)/t31-,32-,35+/m1/s1. The van der Waals surface area contributed by atoms with E-state index in [-0.39, 0.29) is 36.5 Å². The van der Waals surface area contributed by atoms with Crippen molar-refractivity contribution in [3.05, 3.63) is 118 Å². The Balaban J connectivity index is 1.43. The van der Waals surface area contributed by atoms with Crippen molar-refractivity contribution in [1.82, 2.24) is 30.8 Å². The molecule has 0 aliphatic carbocycles. The van der Waals surface area contributed by atoms with E-state index < -0.39 is 12.1 Å². The smallest absolute Gasteiger partial charge is 0.407 e. The minimum atomic E-state index is -0.746. The summed E-state index contributed by atoms with van der Waals surface area (Å²) in [5, 5.41) is 12.2. The van der Waals surface area contributed by atoms with Gasteiger partial charge in [-0.25, -0.2) is 14.6 Å². The molecule has 0 saturated heterocycles. The summed E-state index contributed by atoms with van der Waals surface area (Å²) in [6.07, 6.45) is 3.49.